The molecule has 6 heteroatoms. The summed E-state index contributed by atoms with van der Waals surface area (Å²) in [7, 11) is 0. The van der Waals surface area contributed by atoms with Crippen molar-refractivity contribution in [3.63, 3.8) is 0 Å². The zero-order chi connectivity index (χ0) is 13.0. The van der Waals surface area contributed by atoms with Gasteiger partial charge >= 0.3 is 0 Å². The first kappa shape index (κ1) is 11.8. The molecule has 1 aromatic heterocycles. The largest absolute Gasteiger partial charge is 0.339 e. The SMILES string of the molecule is N#Cc1ccc(Nc2ccc(Cl)nn2)cc1C#N. The van der Waals surface area contributed by atoms with Gasteiger partial charge in [-0.2, -0.15) is 10.5 Å². The first-order valence-corrected chi connectivity index (χ1v) is 5.31. The predicted molar refractivity (Wildman–Crippen MR) is 66.2 cm³/mol. The summed E-state index contributed by atoms with van der Waals surface area (Å²) in [5.41, 5.74) is 1.30. The second kappa shape index (κ2) is 5.13. The highest BCUT2D eigenvalue weighted by Gasteiger charge is 2.03. The number of hydrogen-bond donors (Lipinski definition) is 1. The molecule has 0 aliphatic carbocycles. The van der Waals surface area contributed by atoms with E-state index in [0.29, 0.717) is 27.8 Å². The number of aromatic nitrogens is 2. The molecule has 0 unspecified atom stereocenters. The van der Waals surface area contributed by atoms with Crippen LogP contribution in [0.5, 0.6) is 0 Å². The molecular formula is C12H6ClN5. The summed E-state index contributed by atoms with van der Waals surface area (Å²) >= 11 is 5.62. The van der Waals surface area contributed by atoms with Gasteiger partial charge in [0, 0.05) is 5.69 Å². The lowest BCUT2D eigenvalue weighted by Crippen LogP contribution is -1.96. The van der Waals surface area contributed by atoms with Gasteiger partial charge < -0.3 is 5.32 Å². The van der Waals surface area contributed by atoms with Crippen molar-refractivity contribution >= 4 is 23.1 Å². The maximum absolute atomic E-state index is 8.90. The van der Waals surface area contributed by atoms with E-state index in [1.807, 2.05) is 12.1 Å². The monoisotopic (exact) mass is 255 g/mol. The van der Waals surface area contributed by atoms with Crippen LogP contribution in [0.2, 0.25) is 5.15 Å². The van der Waals surface area contributed by atoms with Crippen molar-refractivity contribution in [1.82, 2.24) is 10.2 Å². The average Bonchev–Trinajstić information content (AvgIpc) is 2.41. The lowest BCUT2D eigenvalue weighted by Gasteiger charge is -2.05. The summed E-state index contributed by atoms with van der Waals surface area (Å²) in [4.78, 5) is 0. The Morgan fingerprint density at radius 3 is 2.39 bits per heavy atom. The van der Waals surface area contributed by atoms with E-state index in [4.69, 9.17) is 22.1 Å². The van der Waals surface area contributed by atoms with Gasteiger partial charge in [0.1, 0.15) is 12.1 Å². The molecule has 0 bridgehead atoms. The Morgan fingerprint density at radius 2 is 1.78 bits per heavy atom. The van der Waals surface area contributed by atoms with Gasteiger partial charge in [0.15, 0.2) is 11.0 Å². The van der Waals surface area contributed by atoms with Crippen LogP contribution < -0.4 is 5.32 Å². The highest BCUT2D eigenvalue weighted by atomic mass is 35.5. The minimum atomic E-state index is 0.304. The zero-order valence-corrected chi connectivity index (χ0v) is 9.81. The summed E-state index contributed by atoms with van der Waals surface area (Å²) in [5.74, 6) is 0.507. The molecule has 2 rings (SSSR count). The van der Waals surface area contributed by atoms with E-state index in [1.165, 1.54) is 0 Å². The third kappa shape index (κ3) is 2.54. The topological polar surface area (TPSA) is 85.4 Å². The van der Waals surface area contributed by atoms with Crippen LogP contribution in [0.15, 0.2) is 30.3 Å². The number of benzene rings is 1. The summed E-state index contributed by atoms with van der Waals surface area (Å²) in [6, 6.07) is 12.0. The number of anilines is 2. The lowest BCUT2D eigenvalue weighted by molar-refractivity contribution is 1.04. The second-order valence-corrected chi connectivity index (χ2v) is 3.74. The van der Waals surface area contributed by atoms with E-state index >= 15 is 0 Å². The van der Waals surface area contributed by atoms with Crippen LogP contribution in [0.25, 0.3) is 0 Å². The maximum Gasteiger partial charge on any atom is 0.153 e. The van der Waals surface area contributed by atoms with Gasteiger partial charge in [-0.1, -0.05) is 11.6 Å². The highest BCUT2D eigenvalue weighted by Crippen LogP contribution is 2.18. The van der Waals surface area contributed by atoms with Crippen LogP contribution in [0.3, 0.4) is 0 Å². The Bertz CT molecular complexity index is 652. The molecule has 0 saturated heterocycles. The molecule has 1 aromatic carbocycles. The van der Waals surface area contributed by atoms with Crippen LogP contribution in [0, 0.1) is 22.7 Å². The lowest BCUT2D eigenvalue weighted by atomic mass is 10.1. The molecule has 1 heterocycles. The van der Waals surface area contributed by atoms with Crippen molar-refractivity contribution in [1.29, 1.82) is 10.5 Å². The van der Waals surface area contributed by atoms with Gasteiger partial charge in [0.2, 0.25) is 0 Å². The number of nitriles is 2. The summed E-state index contributed by atoms with van der Waals surface area (Å²) in [5, 5.41) is 28.5. The van der Waals surface area contributed by atoms with Crippen LogP contribution in [0.1, 0.15) is 11.1 Å². The fourth-order valence-corrected chi connectivity index (χ4v) is 1.44. The van der Waals surface area contributed by atoms with Crippen molar-refractivity contribution in [2.75, 3.05) is 5.32 Å². The highest BCUT2D eigenvalue weighted by molar-refractivity contribution is 6.29. The van der Waals surface area contributed by atoms with Crippen molar-refractivity contribution in [2.24, 2.45) is 0 Å². The number of halogens is 1. The maximum atomic E-state index is 8.90. The van der Waals surface area contributed by atoms with Gasteiger partial charge in [0.25, 0.3) is 0 Å². The van der Waals surface area contributed by atoms with Gasteiger partial charge in [-0.15, -0.1) is 10.2 Å². The van der Waals surface area contributed by atoms with Gasteiger partial charge in [0.05, 0.1) is 11.1 Å². The minimum absolute atomic E-state index is 0.304. The van der Waals surface area contributed by atoms with E-state index in [1.54, 1.807) is 30.3 Å². The average molecular weight is 256 g/mol. The summed E-state index contributed by atoms with van der Waals surface area (Å²) < 4.78 is 0. The van der Waals surface area contributed by atoms with Crippen LogP contribution in [-0.4, -0.2) is 10.2 Å². The van der Waals surface area contributed by atoms with E-state index in [0.717, 1.165) is 0 Å². The number of nitrogens with one attached hydrogen (secondary N) is 1. The molecule has 2 aromatic rings. The summed E-state index contributed by atoms with van der Waals surface area (Å²) in [6.07, 6.45) is 0. The Morgan fingerprint density at radius 1 is 1.00 bits per heavy atom. The molecule has 0 spiro atoms. The summed E-state index contributed by atoms with van der Waals surface area (Å²) in [6.45, 7) is 0. The zero-order valence-electron chi connectivity index (χ0n) is 9.05. The molecular weight excluding hydrogens is 250 g/mol. The molecule has 0 amide bonds. The molecule has 1 N–H and O–H groups in total. The second-order valence-electron chi connectivity index (χ2n) is 3.35. The molecule has 0 fully saturated rings. The van der Waals surface area contributed by atoms with Crippen molar-refractivity contribution < 1.29 is 0 Å². The van der Waals surface area contributed by atoms with Crippen LogP contribution >= 0.6 is 11.6 Å². The van der Waals surface area contributed by atoms with E-state index in [-0.39, 0.29) is 0 Å². The quantitative estimate of drug-likeness (QED) is 0.891. The van der Waals surface area contributed by atoms with E-state index in [2.05, 4.69) is 15.5 Å². The van der Waals surface area contributed by atoms with Gasteiger partial charge in [-0.3, -0.25) is 0 Å². The Hall–Kier alpha value is -2.63. The molecule has 86 valence electrons. The Labute approximate surface area is 108 Å². The van der Waals surface area contributed by atoms with Crippen LogP contribution in [-0.2, 0) is 0 Å². The molecule has 0 aliphatic heterocycles. The Kier molecular flexibility index (Phi) is 3.38. The Balaban J connectivity index is 2.28. The molecule has 0 atom stereocenters. The number of nitrogens with zero attached hydrogens (tertiary/aromatic N) is 4. The minimum Gasteiger partial charge on any atom is -0.339 e. The van der Waals surface area contributed by atoms with Crippen molar-refractivity contribution in [3.05, 3.63) is 46.6 Å². The predicted octanol–water partition coefficient (Wildman–Crippen LogP) is 2.62. The first-order valence-electron chi connectivity index (χ1n) is 4.93. The normalized spacial score (nSPS) is 9.28. The molecule has 0 saturated carbocycles. The molecule has 0 aliphatic rings. The van der Waals surface area contributed by atoms with Gasteiger partial charge in [-0.05, 0) is 30.3 Å². The van der Waals surface area contributed by atoms with Gasteiger partial charge in [-0.25, -0.2) is 0 Å². The first-order chi connectivity index (χ1) is 8.72. The molecule has 18 heavy (non-hydrogen) atoms. The third-order valence-electron chi connectivity index (χ3n) is 2.16. The van der Waals surface area contributed by atoms with E-state index in [9.17, 15) is 0 Å². The molecule has 0 radical (unpaired) electrons. The fraction of sp³-hybridized carbons (Fsp3) is 0. The standard InChI is InChI=1S/C12H6ClN5/c13-11-3-4-12(18-17-11)16-10-2-1-8(6-14)9(5-10)7-15/h1-5H,(H,16,18). The van der Waals surface area contributed by atoms with Crippen molar-refractivity contribution in [3.8, 4) is 12.1 Å². The number of hydrogen-bond acceptors (Lipinski definition) is 5. The van der Waals surface area contributed by atoms with Crippen molar-refractivity contribution in [2.45, 2.75) is 0 Å². The smallest absolute Gasteiger partial charge is 0.153 e. The molecule has 5 nitrogen and oxygen atoms in total. The third-order valence-corrected chi connectivity index (χ3v) is 2.37. The fourth-order valence-electron chi connectivity index (χ4n) is 1.34. The number of rotatable bonds is 2. The van der Waals surface area contributed by atoms with Crippen LogP contribution in [0.4, 0.5) is 11.5 Å². The van der Waals surface area contributed by atoms with E-state index < -0.39 is 0 Å².